The fourth-order valence-electron chi connectivity index (χ4n) is 2.10. The number of rotatable bonds is 6. The molecule has 0 fully saturated rings. The maximum absolute atomic E-state index is 12.0. The van der Waals surface area contributed by atoms with Crippen molar-refractivity contribution < 1.29 is 14.7 Å². The molecule has 0 bridgehead atoms. The number of hydrogen-bond donors (Lipinski definition) is 2. The summed E-state index contributed by atoms with van der Waals surface area (Å²) in [6.07, 6.45) is 0. The van der Waals surface area contributed by atoms with Crippen molar-refractivity contribution in [2.75, 3.05) is 13.6 Å². The number of amides is 2. The van der Waals surface area contributed by atoms with Gasteiger partial charge < -0.3 is 15.3 Å². The van der Waals surface area contributed by atoms with Gasteiger partial charge in [-0.3, -0.25) is 4.79 Å². The average Bonchev–Trinajstić information content (AvgIpc) is 2.37. The molecule has 116 valence electrons. The first-order valence-electron chi connectivity index (χ1n) is 7.08. The number of urea groups is 1. The van der Waals surface area contributed by atoms with Crippen molar-refractivity contribution in [1.82, 2.24) is 10.2 Å². The Morgan fingerprint density at radius 1 is 1.33 bits per heavy atom. The number of carboxylic acids is 1. The van der Waals surface area contributed by atoms with Crippen LogP contribution in [-0.4, -0.2) is 35.6 Å². The standard InChI is InChI=1S/C16H24N2O3/c1-11(2)14(15(19)20)9-17-16(21)18(4)10-13-7-5-6-12(3)8-13/h5-8,11,14H,9-10H2,1-4H3,(H,17,21)(H,19,20). The lowest BCUT2D eigenvalue weighted by Gasteiger charge is -2.21. The first kappa shape index (κ1) is 17.0. The van der Waals surface area contributed by atoms with Gasteiger partial charge in [-0.25, -0.2) is 4.79 Å². The molecule has 1 aromatic carbocycles. The molecule has 0 spiro atoms. The first-order valence-corrected chi connectivity index (χ1v) is 7.08. The van der Waals surface area contributed by atoms with Gasteiger partial charge >= 0.3 is 12.0 Å². The molecule has 1 atom stereocenters. The highest BCUT2D eigenvalue weighted by atomic mass is 16.4. The minimum absolute atomic E-state index is 0.0233. The molecular weight excluding hydrogens is 268 g/mol. The summed E-state index contributed by atoms with van der Waals surface area (Å²) in [5.41, 5.74) is 2.19. The van der Waals surface area contributed by atoms with Crippen molar-refractivity contribution >= 4 is 12.0 Å². The summed E-state index contributed by atoms with van der Waals surface area (Å²) in [4.78, 5) is 24.6. The van der Waals surface area contributed by atoms with Gasteiger partial charge in [-0.2, -0.15) is 0 Å². The molecule has 0 aliphatic rings. The highest BCUT2D eigenvalue weighted by Crippen LogP contribution is 2.10. The largest absolute Gasteiger partial charge is 0.481 e. The van der Waals surface area contributed by atoms with Gasteiger partial charge in [-0.15, -0.1) is 0 Å². The number of benzene rings is 1. The summed E-state index contributed by atoms with van der Waals surface area (Å²) in [5, 5.41) is 11.8. The fourth-order valence-corrected chi connectivity index (χ4v) is 2.10. The summed E-state index contributed by atoms with van der Waals surface area (Å²) in [6.45, 7) is 6.31. The third-order valence-corrected chi connectivity index (χ3v) is 3.44. The van der Waals surface area contributed by atoms with E-state index in [9.17, 15) is 9.59 Å². The Labute approximate surface area is 126 Å². The Balaban J connectivity index is 2.53. The number of carbonyl (C=O) groups is 2. The topological polar surface area (TPSA) is 69.6 Å². The number of hydrogen-bond acceptors (Lipinski definition) is 2. The molecule has 2 amide bonds. The second-order valence-electron chi connectivity index (χ2n) is 5.72. The van der Waals surface area contributed by atoms with E-state index in [0.29, 0.717) is 6.54 Å². The molecule has 1 aromatic rings. The predicted molar refractivity (Wildman–Crippen MR) is 82.0 cm³/mol. The molecule has 2 N–H and O–H groups in total. The highest BCUT2D eigenvalue weighted by Gasteiger charge is 2.22. The zero-order valence-corrected chi connectivity index (χ0v) is 13.1. The summed E-state index contributed by atoms with van der Waals surface area (Å²) < 4.78 is 0. The van der Waals surface area contributed by atoms with Crippen molar-refractivity contribution in [3.8, 4) is 0 Å². The molecular formula is C16H24N2O3. The van der Waals surface area contributed by atoms with Crippen LogP contribution in [0.15, 0.2) is 24.3 Å². The second kappa shape index (κ2) is 7.67. The van der Waals surface area contributed by atoms with Gasteiger partial charge in [0.25, 0.3) is 0 Å². The first-order chi connectivity index (χ1) is 9.81. The maximum atomic E-state index is 12.0. The Hall–Kier alpha value is -2.04. The minimum atomic E-state index is -0.883. The molecule has 0 saturated heterocycles. The molecule has 5 nitrogen and oxygen atoms in total. The minimum Gasteiger partial charge on any atom is -0.481 e. The Morgan fingerprint density at radius 2 is 2.00 bits per heavy atom. The quantitative estimate of drug-likeness (QED) is 0.846. The van der Waals surface area contributed by atoms with Crippen molar-refractivity contribution in [2.45, 2.75) is 27.3 Å². The van der Waals surface area contributed by atoms with Gasteiger partial charge in [0.15, 0.2) is 0 Å². The lowest BCUT2D eigenvalue weighted by molar-refractivity contribution is -0.142. The number of nitrogens with one attached hydrogen (secondary N) is 1. The van der Waals surface area contributed by atoms with Crippen LogP contribution in [0.2, 0.25) is 0 Å². The van der Waals surface area contributed by atoms with E-state index in [1.165, 1.54) is 0 Å². The Bertz CT molecular complexity index is 500. The smallest absolute Gasteiger partial charge is 0.317 e. The third kappa shape index (κ3) is 5.45. The van der Waals surface area contributed by atoms with Crippen LogP contribution < -0.4 is 5.32 Å². The zero-order chi connectivity index (χ0) is 16.0. The van der Waals surface area contributed by atoms with Crippen molar-refractivity contribution in [3.05, 3.63) is 35.4 Å². The van der Waals surface area contributed by atoms with E-state index >= 15 is 0 Å². The van der Waals surface area contributed by atoms with Gasteiger partial charge in [0.05, 0.1) is 5.92 Å². The number of nitrogens with zero attached hydrogens (tertiary/aromatic N) is 1. The van der Waals surface area contributed by atoms with Crippen molar-refractivity contribution in [3.63, 3.8) is 0 Å². The third-order valence-electron chi connectivity index (χ3n) is 3.44. The summed E-state index contributed by atoms with van der Waals surface area (Å²) in [5.74, 6) is -1.47. The van der Waals surface area contributed by atoms with Gasteiger partial charge in [0.1, 0.15) is 0 Å². The number of aryl methyl sites for hydroxylation is 1. The maximum Gasteiger partial charge on any atom is 0.317 e. The molecule has 0 heterocycles. The molecule has 0 saturated carbocycles. The van der Waals surface area contributed by atoms with E-state index in [2.05, 4.69) is 5.32 Å². The SMILES string of the molecule is Cc1cccc(CN(C)C(=O)NCC(C(=O)O)C(C)C)c1. The van der Waals surface area contributed by atoms with Crippen molar-refractivity contribution in [2.24, 2.45) is 11.8 Å². The summed E-state index contributed by atoms with van der Waals surface area (Å²) >= 11 is 0. The van der Waals surface area contributed by atoms with Crippen LogP contribution in [0.5, 0.6) is 0 Å². The van der Waals surface area contributed by atoms with E-state index in [1.54, 1.807) is 11.9 Å². The highest BCUT2D eigenvalue weighted by molar-refractivity contribution is 5.76. The predicted octanol–water partition coefficient (Wildman–Crippen LogP) is 2.49. The molecule has 1 unspecified atom stereocenters. The summed E-state index contributed by atoms with van der Waals surface area (Å²) in [6, 6.07) is 7.69. The van der Waals surface area contributed by atoms with Crippen LogP contribution in [0, 0.1) is 18.8 Å². The summed E-state index contributed by atoms with van der Waals surface area (Å²) in [7, 11) is 1.70. The zero-order valence-electron chi connectivity index (χ0n) is 13.1. The normalized spacial score (nSPS) is 12.0. The fraction of sp³-hybridized carbons (Fsp3) is 0.500. The lowest BCUT2D eigenvalue weighted by atomic mass is 9.96. The van der Waals surface area contributed by atoms with E-state index in [-0.39, 0.29) is 18.5 Å². The lowest BCUT2D eigenvalue weighted by Crippen LogP contribution is -2.41. The number of carboxylic acid groups (broad SMARTS) is 1. The van der Waals surface area contributed by atoms with Gasteiger partial charge in [-0.1, -0.05) is 43.7 Å². The van der Waals surface area contributed by atoms with E-state index in [0.717, 1.165) is 11.1 Å². The average molecular weight is 292 g/mol. The van der Waals surface area contributed by atoms with Crippen LogP contribution in [0.1, 0.15) is 25.0 Å². The van der Waals surface area contributed by atoms with E-state index in [1.807, 2.05) is 45.0 Å². The molecule has 21 heavy (non-hydrogen) atoms. The molecule has 0 aliphatic heterocycles. The number of aliphatic carboxylic acids is 1. The van der Waals surface area contributed by atoms with Gasteiger partial charge in [0, 0.05) is 20.1 Å². The Morgan fingerprint density at radius 3 is 2.52 bits per heavy atom. The molecule has 0 radical (unpaired) electrons. The van der Waals surface area contributed by atoms with Crippen LogP contribution in [-0.2, 0) is 11.3 Å². The number of carbonyl (C=O) groups excluding carboxylic acids is 1. The van der Waals surface area contributed by atoms with Crippen molar-refractivity contribution in [1.29, 1.82) is 0 Å². The second-order valence-corrected chi connectivity index (χ2v) is 5.72. The monoisotopic (exact) mass is 292 g/mol. The van der Waals surface area contributed by atoms with Crippen LogP contribution in [0.4, 0.5) is 4.79 Å². The van der Waals surface area contributed by atoms with Crippen LogP contribution in [0.25, 0.3) is 0 Å². The molecule has 1 rings (SSSR count). The van der Waals surface area contributed by atoms with Crippen LogP contribution in [0.3, 0.4) is 0 Å². The molecule has 0 aromatic heterocycles. The van der Waals surface area contributed by atoms with E-state index in [4.69, 9.17) is 5.11 Å². The van der Waals surface area contributed by atoms with Gasteiger partial charge in [0.2, 0.25) is 0 Å². The van der Waals surface area contributed by atoms with Gasteiger partial charge in [-0.05, 0) is 18.4 Å². The Kier molecular flexibility index (Phi) is 6.21. The van der Waals surface area contributed by atoms with E-state index < -0.39 is 11.9 Å². The van der Waals surface area contributed by atoms with Crippen LogP contribution >= 0.6 is 0 Å². The molecule has 5 heteroatoms. The molecule has 0 aliphatic carbocycles.